The Balaban J connectivity index is 0.000000189. The molecule has 2 aliphatic carbocycles. The average Bonchev–Trinajstić information content (AvgIpc) is 4.19. The van der Waals surface area contributed by atoms with Gasteiger partial charge in [-0.15, -0.1) is 0 Å². The van der Waals surface area contributed by atoms with Crippen LogP contribution in [0.15, 0.2) is 0 Å². The highest BCUT2D eigenvalue weighted by molar-refractivity contribution is 8.03. The maximum Gasteiger partial charge on any atom is 0.0700 e. The molecule has 11 rings (SSSR count). The van der Waals surface area contributed by atoms with E-state index in [-0.39, 0.29) is 0 Å². The molecule has 9 aliphatic heterocycles. The van der Waals surface area contributed by atoms with E-state index in [1.165, 1.54) is 220 Å². The van der Waals surface area contributed by atoms with E-state index in [9.17, 15) is 0 Å². The summed E-state index contributed by atoms with van der Waals surface area (Å²) in [6, 6.07) is 1.82. The van der Waals surface area contributed by atoms with Crippen molar-refractivity contribution in [2.24, 2.45) is 11.8 Å². The van der Waals surface area contributed by atoms with E-state index in [1.807, 2.05) is 11.8 Å². The van der Waals surface area contributed by atoms with Crippen LogP contribution in [0.2, 0.25) is 0 Å². The lowest BCUT2D eigenvalue weighted by Gasteiger charge is -2.19. The van der Waals surface area contributed by atoms with Crippen molar-refractivity contribution in [3.05, 3.63) is 0 Å². The first-order chi connectivity index (χ1) is 31.4. The molecule has 0 aromatic rings. The number of piperidine rings is 2. The minimum atomic E-state index is 0.778. The predicted molar refractivity (Wildman–Crippen MR) is 283 cm³/mol. The first-order valence-electron chi connectivity index (χ1n) is 26.6. The lowest BCUT2D eigenvalue weighted by atomic mass is 10.1. The van der Waals surface area contributed by atoms with Gasteiger partial charge in [-0.25, -0.2) is 0 Å². The van der Waals surface area contributed by atoms with Gasteiger partial charge in [0.15, 0.2) is 0 Å². The van der Waals surface area contributed by atoms with Crippen molar-refractivity contribution >= 4 is 47.0 Å². The smallest absolute Gasteiger partial charge is 0.0700 e. The molecule has 0 radical (unpaired) electrons. The number of fused-ring (bicyclic) bond motifs is 3. The van der Waals surface area contributed by atoms with Gasteiger partial charge in [0, 0.05) is 74.6 Å². The van der Waals surface area contributed by atoms with E-state index in [4.69, 9.17) is 18.9 Å². The van der Waals surface area contributed by atoms with Crippen molar-refractivity contribution in [2.75, 3.05) is 151 Å². The molecule has 0 aromatic heterocycles. The van der Waals surface area contributed by atoms with Gasteiger partial charge in [-0.3, -0.25) is 0 Å². The van der Waals surface area contributed by atoms with Crippen molar-refractivity contribution in [2.45, 2.75) is 153 Å². The van der Waals surface area contributed by atoms with Crippen LogP contribution in [0.5, 0.6) is 0 Å². The van der Waals surface area contributed by atoms with Crippen LogP contribution in [0.1, 0.15) is 141 Å². The molecule has 2 bridgehead atoms. The minimum Gasteiger partial charge on any atom is -0.381 e. The standard InChI is InChI=1S/C7H13N.C7H14.C6H13N.C5H11NO.C5H11NS.C5H9N.C5H10O2.C5H10OS.C5H10S2/c1-2-6-4-5-7(3-1)8-6;2*1-2-4-6-7-5-3-1;2*1-2-6-3-5-7-4-1;1-4-2-6-3-5(1)4;1-2-6-4-5-7-3-1;1-2-6-3-5-7-4-1;1-2-6-4-5-7-3-1/h6-8H,1-5H2;1-7H2;7H,1-6H2;2*6H,1-5H2;4-6H,1-3H2;3*1-5H2/t;;;;;4-,5+;;;. The fourth-order valence-corrected chi connectivity index (χ4v) is 12.4. The quantitative estimate of drug-likeness (QED) is 0.149. The SMILES string of the molecule is C1CC2CCC(C1)N2.C1CCCCCC1.C1CCCNCC1.C1CNCCOC1.C1CNCCSC1.C1COCCOC1.C1COCCSC1.C1CSCCSC1.C1NC[C@H]2C[C@@H]12. The van der Waals surface area contributed by atoms with E-state index in [0.29, 0.717) is 0 Å². The highest BCUT2D eigenvalue weighted by Crippen LogP contribution is 2.40. The molecular formula is C50H101N5O4S4. The Morgan fingerprint density at radius 3 is 1.38 bits per heavy atom. The van der Waals surface area contributed by atoms with Crippen molar-refractivity contribution < 1.29 is 18.9 Å². The number of thioether (sulfide) groups is 4. The van der Waals surface area contributed by atoms with E-state index in [0.717, 1.165) is 96.3 Å². The van der Waals surface area contributed by atoms with E-state index in [2.05, 4.69) is 61.9 Å². The van der Waals surface area contributed by atoms with Crippen LogP contribution in [-0.4, -0.2) is 163 Å². The Labute approximate surface area is 406 Å². The molecule has 5 N–H and O–H groups in total. The number of nitrogens with one attached hydrogen (secondary N) is 5. The Kier molecular flexibility index (Phi) is 43.3. The molecule has 11 aliphatic rings. The van der Waals surface area contributed by atoms with Gasteiger partial charge >= 0.3 is 0 Å². The van der Waals surface area contributed by atoms with Crippen LogP contribution in [0.25, 0.3) is 0 Å². The second-order valence-electron chi connectivity index (χ2n) is 18.3. The van der Waals surface area contributed by atoms with Gasteiger partial charge < -0.3 is 45.5 Å². The van der Waals surface area contributed by atoms with Gasteiger partial charge in [0.1, 0.15) is 0 Å². The Morgan fingerprint density at radius 1 is 0.286 bits per heavy atom. The number of hydrogen-bond acceptors (Lipinski definition) is 13. The molecule has 0 aromatic carbocycles. The van der Waals surface area contributed by atoms with Crippen molar-refractivity contribution in [3.63, 3.8) is 0 Å². The summed E-state index contributed by atoms with van der Waals surface area (Å²) in [5.41, 5.74) is 0. The number of ether oxygens (including phenoxy) is 4. The molecule has 9 saturated heterocycles. The topological polar surface area (TPSA) is 97.1 Å². The Morgan fingerprint density at radius 2 is 0.762 bits per heavy atom. The fourth-order valence-electron chi connectivity index (χ4n) is 8.55. The zero-order valence-electron chi connectivity index (χ0n) is 40.6. The monoisotopic (exact) mass is 964 g/mol. The molecule has 2 saturated carbocycles. The molecule has 11 fully saturated rings. The van der Waals surface area contributed by atoms with Crippen molar-refractivity contribution in [3.8, 4) is 0 Å². The number of hydrogen-bond donors (Lipinski definition) is 5. The molecule has 0 spiro atoms. The summed E-state index contributed by atoms with van der Waals surface area (Å²) >= 11 is 8.23. The zero-order valence-corrected chi connectivity index (χ0v) is 43.9. The van der Waals surface area contributed by atoms with Gasteiger partial charge in [-0.05, 0) is 151 Å². The second kappa shape index (κ2) is 46.8. The summed E-state index contributed by atoms with van der Waals surface area (Å²) in [5.74, 6) is 12.9. The molecular weight excluding hydrogens is 863 g/mol. The molecule has 13 heteroatoms. The lowest BCUT2D eigenvalue weighted by molar-refractivity contribution is 0.103. The maximum absolute atomic E-state index is 5.17. The zero-order chi connectivity index (χ0) is 44.0. The third-order valence-electron chi connectivity index (χ3n) is 12.5. The van der Waals surface area contributed by atoms with Gasteiger partial charge in [-0.2, -0.15) is 47.0 Å². The van der Waals surface area contributed by atoms with Gasteiger partial charge in [0.2, 0.25) is 0 Å². The van der Waals surface area contributed by atoms with Gasteiger partial charge in [-0.1, -0.05) is 64.2 Å². The van der Waals surface area contributed by atoms with Crippen LogP contribution in [0, 0.1) is 11.8 Å². The third-order valence-corrected chi connectivity index (χ3v) is 17.0. The summed E-state index contributed by atoms with van der Waals surface area (Å²) in [6.07, 6.45) is 31.2. The average molecular weight is 965 g/mol. The molecule has 9 nitrogen and oxygen atoms in total. The third kappa shape index (κ3) is 39.6. The fraction of sp³-hybridized carbons (Fsp3) is 1.00. The van der Waals surface area contributed by atoms with Crippen LogP contribution in [-0.2, 0) is 18.9 Å². The first kappa shape index (κ1) is 58.4. The normalized spacial score (nSPS) is 29.3. The van der Waals surface area contributed by atoms with E-state index < -0.39 is 0 Å². The Bertz CT molecular complexity index is 643. The summed E-state index contributed by atoms with van der Waals surface area (Å²) in [5, 5.41) is 16.8. The maximum atomic E-state index is 5.17. The largest absolute Gasteiger partial charge is 0.381 e. The molecule has 4 atom stereocenters. The van der Waals surface area contributed by atoms with Crippen molar-refractivity contribution in [1.29, 1.82) is 0 Å². The molecule has 63 heavy (non-hydrogen) atoms. The van der Waals surface area contributed by atoms with Gasteiger partial charge in [0.25, 0.3) is 0 Å². The molecule has 9 heterocycles. The lowest BCUT2D eigenvalue weighted by Crippen LogP contribution is -2.33. The summed E-state index contributed by atoms with van der Waals surface area (Å²) < 4.78 is 20.4. The highest BCUT2D eigenvalue weighted by Gasteiger charge is 2.40. The number of rotatable bonds is 0. The molecule has 0 amide bonds. The van der Waals surface area contributed by atoms with Crippen LogP contribution < -0.4 is 26.6 Å². The predicted octanol–water partition coefficient (Wildman–Crippen LogP) is 9.53. The summed E-state index contributed by atoms with van der Waals surface area (Å²) in [6.45, 7) is 16.8. The van der Waals surface area contributed by atoms with E-state index >= 15 is 0 Å². The van der Waals surface area contributed by atoms with Crippen LogP contribution in [0.4, 0.5) is 0 Å². The van der Waals surface area contributed by atoms with Crippen LogP contribution in [0.3, 0.4) is 0 Å². The van der Waals surface area contributed by atoms with Gasteiger partial charge in [0.05, 0.1) is 26.4 Å². The van der Waals surface area contributed by atoms with Crippen LogP contribution >= 0.6 is 47.0 Å². The minimum absolute atomic E-state index is 0.778. The van der Waals surface area contributed by atoms with Crippen molar-refractivity contribution in [1.82, 2.24) is 26.6 Å². The molecule has 2 unspecified atom stereocenters. The summed E-state index contributed by atoms with van der Waals surface area (Å²) in [4.78, 5) is 0. The second-order valence-corrected chi connectivity index (χ2v) is 23.2. The first-order valence-corrected chi connectivity index (χ1v) is 31.2. The highest BCUT2D eigenvalue weighted by atomic mass is 32.2. The molecule has 374 valence electrons. The Hall–Kier alpha value is 1.04. The summed E-state index contributed by atoms with van der Waals surface area (Å²) in [7, 11) is 0. The van der Waals surface area contributed by atoms with E-state index in [1.54, 1.807) is 0 Å².